The number of rotatable bonds is 10. The van der Waals surface area contributed by atoms with Crippen molar-refractivity contribution in [3.8, 4) is 0 Å². The first-order chi connectivity index (χ1) is 14.9. The van der Waals surface area contributed by atoms with Gasteiger partial charge in [-0.1, -0.05) is 42.0 Å². The first-order valence-corrected chi connectivity index (χ1v) is 12.2. The van der Waals surface area contributed by atoms with Crippen LogP contribution < -0.4 is 10.0 Å². The number of nitrogens with one attached hydrogen (secondary N) is 2. The zero-order valence-electron chi connectivity index (χ0n) is 16.8. The molecule has 1 saturated heterocycles. The highest BCUT2D eigenvalue weighted by atomic mass is 32.2. The summed E-state index contributed by atoms with van der Waals surface area (Å²) >= 11 is 0.685. The molecule has 1 aromatic carbocycles. The van der Waals surface area contributed by atoms with Gasteiger partial charge < -0.3 is 9.57 Å². The number of nitrogens with zero attached hydrogens (tertiary/aromatic N) is 2. The number of unbranched alkanes of at least 4 members (excludes halogenated alkanes) is 1. The number of carbonyl (C=O) groups is 1. The molecule has 1 aliphatic rings. The van der Waals surface area contributed by atoms with E-state index >= 15 is 0 Å². The Hall–Kier alpha value is -2.57. The van der Waals surface area contributed by atoms with Gasteiger partial charge in [-0.15, -0.1) is 0 Å². The molecular weight excluding hydrogens is 447 g/mol. The summed E-state index contributed by atoms with van der Waals surface area (Å²) in [5.74, 6) is -0.605. The van der Waals surface area contributed by atoms with Gasteiger partial charge in [-0.05, 0) is 18.6 Å². The quantitative estimate of drug-likeness (QED) is 0.407. The van der Waals surface area contributed by atoms with E-state index < -0.39 is 21.1 Å². The van der Waals surface area contributed by atoms with E-state index in [4.69, 9.17) is 9.57 Å². The first kappa shape index (κ1) is 23.1. The summed E-state index contributed by atoms with van der Waals surface area (Å²) in [4.78, 5) is 21.9. The Balaban J connectivity index is 1.77. The lowest BCUT2D eigenvalue weighted by Crippen LogP contribution is -2.25. The lowest BCUT2D eigenvalue weighted by Gasteiger charge is -2.11. The highest BCUT2D eigenvalue weighted by molar-refractivity contribution is 7.92. The Bertz CT molecular complexity index is 1020. The normalized spacial score (nSPS) is 16.8. The van der Waals surface area contributed by atoms with Crippen LogP contribution in [0, 0.1) is 5.13 Å². The summed E-state index contributed by atoms with van der Waals surface area (Å²) in [6, 6.07) is 6.16. The SMILES string of the molecule is CCCCS(=O)(=O)Nc1ccc(/C(=N\O[C@@H]2CCOC2)C(=O)Nc2ncc(F)s2)cc1. The van der Waals surface area contributed by atoms with Gasteiger partial charge in [0.05, 0.1) is 25.2 Å². The number of oxime groups is 1. The van der Waals surface area contributed by atoms with Crippen LogP contribution in [0.15, 0.2) is 35.6 Å². The number of ether oxygens (including phenoxy) is 1. The molecule has 2 aromatic rings. The molecule has 0 saturated carbocycles. The van der Waals surface area contributed by atoms with E-state index in [-0.39, 0.29) is 22.7 Å². The van der Waals surface area contributed by atoms with Gasteiger partial charge in [-0.25, -0.2) is 13.4 Å². The van der Waals surface area contributed by atoms with Crippen molar-refractivity contribution in [3.63, 3.8) is 0 Å². The maximum Gasteiger partial charge on any atom is 0.280 e. The Morgan fingerprint density at radius 3 is 2.77 bits per heavy atom. The Morgan fingerprint density at radius 2 is 2.16 bits per heavy atom. The fourth-order valence-corrected chi connectivity index (χ4v) is 4.48. The zero-order chi connectivity index (χ0) is 22.3. The lowest BCUT2D eigenvalue weighted by atomic mass is 10.1. The summed E-state index contributed by atoms with van der Waals surface area (Å²) in [6.07, 6.45) is 2.70. The van der Waals surface area contributed by atoms with Crippen molar-refractivity contribution in [1.82, 2.24) is 4.98 Å². The molecule has 3 rings (SSSR count). The molecule has 1 aliphatic heterocycles. The topological polar surface area (TPSA) is 119 Å². The third kappa shape index (κ3) is 6.97. The van der Waals surface area contributed by atoms with Crippen molar-refractivity contribution in [2.24, 2.45) is 5.16 Å². The highest BCUT2D eigenvalue weighted by Crippen LogP contribution is 2.18. The van der Waals surface area contributed by atoms with Crippen LogP contribution in [-0.2, 0) is 24.4 Å². The Morgan fingerprint density at radius 1 is 1.39 bits per heavy atom. The minimum absolute atomic E-state index is 0.0298. The highest BCUT2D eigenvalue weighted by Gasteiger charge is 2.21. The van der Waals surface area contributed by atoms with E-state index in [0.717, 1.165) is 12.6 Å². The number of hydrogen-bond acceptors (Lipinski definition) is 8. The molecule has 1 fully saturated rings. The number of amides is 1. The molecule has 9 nitrogen and oxygen atoms in total. The summed E-state index contributed by atoms with van der Waals surface area (Å²) in [6.45, 7) is 2.83. The maximum atomic E-state index is 13.2. The van der Waals surface area contributed by atoms with Crippen LogP contribution in [0.4, 0.5) is 15.2 Å². The van der Waals surface area contributed by atoms with Gasteiger partial charge in [0.15, 0.2) is 22.1 Å². The Labute approximate surface area is 183 Å². The van der Waals surface area contributed by atoms with Crippen molar-refractivity contribution in [1.29, 1.82) is 0 Å². The molecule has 0 unspecified atom stereocenters. The average Bonchev–Trinajstić information content (AvgIpc) is 3.39. The molecule has 0 radical (unpaired) electrons. The fraction of sp³-hybridized carbons (Fsp3) is 0.421. The summed E-state index contributed by atoms with van der Waals surface area (Å²) in [5.41, 5.74) is 0.708. The van der Waals surface area contributed by atoms with Crippen LogP contribution in [0.25, 0.3) is 0 Å². The second-order valence-electron chi connectivity index (χ2n) is 6.81. The number of sulfonamides is 1. The molecule has 12 heteroatoms. The summed E-state index contributed by atoms with van der Waals surface area (Å²) in [7, 11) is -3.45. The third-order valence-electron chi connectivity index (χ3n) is 4.29. The standard InChI is InChI=1S/C19H23FN4O5S2/c1-2-3-10-31(26,27)24-14-6-4-13(5-7-14)17(23-29-15-8-9-28-12-15)18(25)22-19-21-11-16(20)30-19/h4-7,11,15,24H,2-3,8-10,12H2,1H3,(H,21,22,25)/b23-17+/t15-/m1/s1. The number of anilines is 2. The van der Waals surface area contributed by atoms with Gasteiger partial charge in [0.1, 0.15) is 0 Å². The molecule has 2 N–H and O–H groups in total. The van der Waals surface area contributed by atoms with E-state index in [1.807, 2.05) is 6.92 Å². The number of benzene rings is 1. The van der Waals surface area contributed by atoms with Crippen LogP contribution in [0.1, 0.15) is 31.7 Å². The van der Waals surface area contributed by atoms with E-state index in [2.05, 4.69) is 20.2 Å². The molecular formula is C19H23FN4O5S2. The van der Waals surface area contributed by atoms with Crippen molar-refractivity contribution in [2.45, 2.75) is 32.3 Å². The predicted molar refractivity (Wildman–Crippen MR) is 116 cm³/mol. The maximum absolute atomic E-state index is 13.2. The van der Waals surface area contributed by atoms with Crippen molar-refractivity contribution in [3.05, 3.63) is 41.2 Å². The van der Waals surface area contributed by atoms with Crippen LogP contribution in [0.3, 0.4) is 0 Å². The smallest absolute Gasteiger partial charge is 0.280 e. The van der Waals surface area contributed by atoms with Crippen LogP contribution in [0.5, 0.6) is 0 Å². The molecule has 31 heavy (non-hydrogen) atoms. The summed E-state index contributed by atoms with van der Waals surface area (Å²) < 4.78 is 45.1. The van der Waals surface area contributed by atoms with E-state index in [1.54, 1.807) is 12.1 Å². The van der Waals surface area contributed by atoms with Crippen LogP contribution in [-0.4, -0.2) is 50.1 Å². The van der Waals surface area contributed by atoms with Crippen molar-refractivity contribution < 1.29 is 27.2 Å². The minimum Gasteiger partial charge on any atom is -0.389 e. The van der Waals surface area contributed by atoms with Crippen LogP contribution >= 0.6 is 11.3 Å². The lowest BCUT2D eigenvalue weighted by molar-refractivity contribution is -0.110. The van der Waals surface area contributed by atoms with Crippen molar-refractivity contribution >= 4 is 43.8 Å². The largest absolute Gasteiger partial charge is 0.389 e. The minimum atomic E-state index is -3.45. The summed E-state index contributed by atoms with van der Waals surface area (Å²) in [5, 5.41) is 6.03. The molecule has 1 amide bonds. The number of hydrogen-bond donors (Lipinski definition) is 2. The molecule has 2 heterocycles. The zero-order valence-corrected chi connectivity index (χ0v) is 18.5. The van der Waals surface area contributed by atoms with Gasteiger partial charge in [0, 0.05) is 17.7 Å². The monoisotopic (exact) mass is 470 g/mol. The van der Waals surface area contributed by atoms with Gasteiger partial charge in [-0.3, -0.25) is 14.8 Å². The molecule has 0 aliphatic carbocycles. The molecule has 1 atom stereocenters. The molecule has 168 valence electrons. The molecule has 0 bridgehead atoms. The van der Waals surface area contributed by atoms with Crippen molar-refractivity contribution in [2.75, 3.05) is 29.0 Å². The number of carbonyl (C=O) groups excluding carboxylic acids is 1. The Kier molecular flexibility index (Phi) is 7.93. The van der Waals surface area contributed by atoms with Crippen LogP contribution in [0.2, 0.25) is 0 Å². The van der Waals surface area contributed by atoms with Gasteiger partial charge in [0.25, 0.3) is 5.91 Å². The first-order valence-electron chi connectivity index (χ1n) is 9.71. The van der Waals surface area contributed by atoms with E-state index in [0.29, 0.717) is 48.6 Å². The fourth-order valence-electron chi connectivity index (χ4n) is 2.68. The second-order valence-corrected chi connectivity index (χ2v) is 9.63. The van der Waals surface area contributed by atoms with Gasteiger partial charge in [-0.2, -0.15) is 4.39 Å². The third-order valence-corrected chi connectivity index (χ3v) is 6.37. The number of thiazole rings is 1. The van der Waals surface area contributed by atoms with E-state index in [1.165, 1.54) is 12.1 Å². The van der Waals surface area contributed by atoms with Gasteiger partial charge >= 0.3 is 0 Å². The second kappa shape index (κ2) is 10.6. The van der Waals surface area contributed by atoms with Gasteiger partial charge in [0.2, 0.25) is 10.0 Å². The average molecular weight is 471 g/mol. The molecule has 0 spiro atoms. The number of halogens is 1. The number of aromatic nitrogens is 1. The molecule has 1 aromatic heterocycles. The predicted octanol–water partition coefficient (Wildman–Crippen LogP) is 2.97. The van der Waals surface area contributed by atoms with E-state index in [9.17, 15) is 17.6 Å².